The summed E-state index contributed by atoms with van der Waals surface area (Å²) in [6.07, 6.45) is -4.05. The van der Waals surface area contributed by atoms with E-state index in [1.165, 1.54) is 5.38 Å². The maximum atomic E-state index is 10.9. The standard InChI is InChI=1S/C9H12N2O5S/c10-8(15)3-2-17-9(11-3)7-6(14)5(13)4(1-12)16-7/h2,4-7,12-14H,1H2,(H2,10,15)/t4-,5?,6?,7-/m1/s1. The Hall–Kier alpha value is -1.06. The number of nitrogens with two attached hydrogens (primary N) is 1. The Morgan fingerprint density at radius 3 is 2.71 bits per heavy atom. The predicted molar refractivity (Wildman–Crippen MR) is 57.3 cm³/mol. The van der Waals surface area contributed by atoms with Gasteiger partial charge < -0.3 is 25.8 Å². The second kappa shape index (κ2) is 4.67. The SMILES string of the molecule is NC(=O)c1csc([C@@H]2O[C@H](CO)C(O)C2O)n1. The number of primary amides is 1. The van der Waals surface area contributed by atoms with Crippen molar-refractivity contribution in [2.45, 2.75) is 24.4 Å². The van der Waals surface area contributed by atoms with E-state index in [9.17, 15) is 15.0 Å². The normalized spacial score (nSPS) is 32.9. The molecule has 1 aliphatic rings. The van der Waals surface area contributed by atoms with E-state index in [0.717, 1.165) is 11.3 Å². The molecule has 8 heteroatoms. The molecule has 0 aromatic carbocycles. The molecule has 0 aliphatic carbocycles. The number of nitrogens with zero attached hydrogens (tertiary/aromatic N) is 1. The van der Waals surface area contributed by atoms with Crippen molar-refractivity contribution in [1.29, 1.82) is 0 Å². The summed E-state index contributed by atoms with van der Waals surface area (Å²) in [7, 11) is 0. The zero-order valence-electron chi connectivity index (χ0n) is 8.68. The van der Waals surface area contributed by atoms with Crippen LogP contribution in [-0.2, 0) is 4.74 Å². The van der Waals surface area contributed by atoms with Crippen LogP contribution >= 0.6 is 11.3 Å². The van der Waals surface area contributed by atoms with Gasteiger partial charge in [0.25, 0.3) is 5.91 Å². The number of carbonyl (C=O) groups is 1. The molecule has 0 saturated carbocycles. The number of ether oxygens (including phenoxy) is 1. The fourth-order valence-electron chi connectivity index (χ4n) is 1.64. The number of hydrogen-bond donors (Lipinski definition) is 4. The molecule has 94 valence electrons. The van der Waals surface area contributed by atoms with Gasteiger partial charge in [0.2, 0.25) is 0 Å². The zero-order chi connectivity index (χ0) is 12.6. The van der Waals surface area contributed by atoms with E-state index < -0.39 is 36.9 Å². The average Bonchev–Trinajstić information content (AvgIpc) is 2.87. The lowest BCUT2D eigenvalue weighted by molar-refractivity contribution is -0.0228. The molecule has 1 amide bonds. The first-order valence-corrected chi connectivity index (χ1v) is 5.80. The van der Waals surface area contributed by atoms with Crippen molar-refractivity contribution in [3.05, 3.63) is 16.1 Å². The molecule has 1 fully saturated rings. The van der Waals surface area contributed by atoms with Crippen molar-refractivity contribution < 1.29 is 24.9 Å². The molecule has 1 aliphatic heterocycles. The van der Waals surface area contributed by atoms with E-state index in [4.69, 9.17) is 15.6 Å². The zero-order valence-corrected chi connectivity index (χ0v) is 9.50. The van der Waals surface area contributed by atoms with Gasteiger partial charge >= 0.3 is 0 Å². The minimum atomic E-state index is -1.18. The van der Waals surface area contributed by atoms with Gasteiger partial charge in [-0.3, -0.25) is 4.79 Å². The fourth-order valence-corrected chi connectivity index (χ4v) is 2.52. The Morgan fingerprint density at radius 2 is 2.24 bits per heavy atom. The molecule has 7 nitrogen and oxygen atoms in total. The van der Waals surface area contributed by atoms with E-state index in [-0.39, 0.29) is 5.69 Å². The Morgan fingerprint density at radius 1 is 1.53 bits per heavy atom. The molecule has 0 spiro atoms. The molecular weight excluding hydrogens is 248 g/mol. The van der Waals surface area contributed by atoms with E-state index in [2.05, 4.69) is 4.98 Å². The van der Waals surface area contributed by atoms with Crippen molar-refractivity contribution in [3.8, 4) is 0 Å². The summed E-state index contributed by atoms with van der Waals surface area (Å²) in [4.78, 5) is 14.8. The molecule has 4 atom stereocenters. The van der Waals surface area contributed by atoms with Gasteiger partial charge in [-0.05, 0) is 0 Å². The largest absolute Gasteiger partial charge is 0.394 e. The van der Waals surface area contributed by atoms with Crippen LogP contribution < -0.4 is 5.73 Å². The van der Waals surface area contributed by atoms with Crippen LogP contribution in [0.1, 0.15) is 21.6 Å². The first-order valence-electron chi connectivity index (χ1n) is 4.92. The monoisotopic (exact) mass is 260 g/mol. The molecule has 0 radical (unpaired) electrons. The van der Waals surface area contributed by atoms with Crippen LogP contribution in [0.5, 0.6) is 0 Å². The van der Waals surface area contributed by atoms with Crippen molar-refractivity contribution in [1.82, 2.24) is 4.98 Å². The summed E-state index contributed by atoms with van der Waals surface area (Å²) in [5.74, 6) is -0.667. The third-order valence-electron chi connectivity index (χ3n) is 2.56. The van der Waals surface area contributed by atoms with E-state index in [1.54, 1.807) is 0 Å². The molecule has 1 aromatic rings. The minimum Gasteiger partial charge on any atom is -0.394 e. The summed E-state index contributed by atoms with van der Waals surface area (Å²) in [6, 6.07) is 0. The predicted octanol–water partition coefficient (Wildman–Crippen LogP) is -1.60. The van der Waals surface area contributed by atoms with E-state index in [0.29, 0.717) is 5.01 Å². The van der Waals surface area contributed by atoms with Gasteiger partial charge in [-0.1, -0.05) is 0 Å². The highest BCUT2D eigenvalue weighted by atomic mass is 32.1. The van der Waals surface area contributed by atoms with Gasteiger partial charge in [-0.2, -0.15) is 0 Å². The number of aromatic nitrogens is 1. The molecule has 5 N–H and O–H groups in total. The highest BCUT2D eigenvalue weighted by Crippen LogP contribution is 2.34. The summed E-state index contributed by atoms with van der Waals surface area (Å²) in [6.45, 7) is -0.400. The molecule has 2 heterocycles. The molecule has 2 unspecified atom stereocenters. The van der Waals surface area contributed by atoms with Crippen molar-refractivity contribution in [2.24, 2.45) is 5.73 Å². The minimum absolute atomic E-state index is 0.0859. The molecular formula is C9H12N2O5S. The molecule has 1 saturated heterocycles. The van der Waals surface area contributed by atoms with Gasteiger partial charge in [0, 0.05) is 5.38 Å². The topological polar surface area (TPSA) is 126 Å². The molecule has 2 rings (SSSR count). The van der Waals surface area contributed by atoms with E-state index in [1.807, 2.05) is 0 Å². The molecule has 0 bridgehead atoms. The number of thiazole rings is 1. The number of aliphatic hydroxyl groups excluding tert-OH is 3. The summed E-state index contributed by atoms with van der Waals surface area (Å²) < 4.78 is 5.26. The van der Waals surface area contributed by atoms with Gasteiger partial charge in [-0.25, -0.2) is 4.98 Å². The first-order chi connectivity index (χ1) is 8.04. The number of carbonyl (C=O) groups excluding carboxylic acids is 1. The Labute approximate surface area is 100 Å². The van der Waals surface area contributed by atoms with Crippen molar-refractivity contribution in [3.63, 3.8) is 0 Å². The lowest BCUT2D eigenvalue weighted by Crippen LogP contribution is -2.32. The number of aliphatic hydroxyl groups is 3. The Balaban J connectivity index is 2.19. The van der Waals surface area contributed by atoms with Gasteiger partial charge in [0.15, 0.2) is 0 Å². The van der Waals surface area contributed by atoms with Crippen LogP contribution in [0, 0.1) is 0 Å². The highest BCUT2D eigenvalue weighted by molar-refractivity contribution is 7.09. The third kappa shape index (κ3) is 2.17. The Bertz CT molecular complexity index is 423. The second-order valence-corrected chi connectivity index (χ2v) is 4.58. The summed E-state index contributed by atoms with van der Waals surface area (Å²) in [5, 5.41) is 30.0. The molecule has 17 heavy (non-hydrogen) atoms. The van der Waals surface area contributed by atoms with Gasteiger partial charge in [0.05, 0.1) is 6.61 Å². The third-order valence-corrected chi connectivity index (χ3v) is 3.47. The van der Waals surface area contributed by atoms with Crippen LogP contribution in [0.4, 0.5) is 0 Å². The van der Waals surface area contributed by atoms with Crippen molar-refractivity contribution >= 4 is 17.2 Å². The number of rotatable bonds is 3. The maximum Gasteiger partial charge on any atom is 0.268 e. The highest BCUT2D eigenvalue weighted by Gasteiger charge is 2.44. The quantitative estimate of drug-likeness (QED) is 0.518. The number of hydrogen-bond acceptors (Lipinski definition) is 7. The second-order valence-electron chi connectivity index (χ2n) is 3.69. The van der Waals surface area contributed by atoms with Crippen LogP contribution in [0.2, 0.25) is 0 Å². The smallest absolute Gasteiger partial charge is 0.268 e. The molecule has 1 aromatic heterocycles. The van der Waals surface area contributed by atoms with Crippen molar-refractivity contribution in [2.75, 3.05) is 6.61 Å². The lowest BCUT2D eigenvalue weighted by atomic mass is 10.1. The van der Waals surface area contributed by atoms with Crippen LogP contribution in [0.3, 0.4) is 0 Å². The van der Waals surface area contributed by atoms with Crippen LogP contribution in [0.25, 0.3) is 0 Å². The lowest BCUT2D eigenvalue weighted by Gasteiger charge is -2.11. The van der Waals surface area contributed by atoms with Gasteiger partial charge in [-0.15, -0.1) is 11.3 Å². The summed E-state index contributed by atoms with van der Waals surface area (Å²) >= 11 is 1.10. The summed E-state index contributed by atoms with van der Waals surface area (Å²) in [5.41, 5.74) is 5.14. The van der Waals surface area contributed by atoms with Crippen LogP contribution in [0.15, 0.2) is 5.38 Å². The average molecular weight is 260 g/mol. The van der Waals surface area contributed by atoms with Gasteiger partial charge in [0.1, 0.15) is 35.1 Å². The fraction of sp³-hybridized carbons (Fsp3) is 0.556. The Kier molecular flexibility index (Phi) is 3.40. The number of amides is 1. The first kappa shape index (κ1) is 12.4. The van der Waals surface area contributed by atoms with E-state index >= 15 is 0 Å². The van der Waals surface area contributed by atoms with Crippen LogP contribution in [-0.4, -0.2) is 51.1 Å². The maximum absolute atomic E-state index is 10.9.